The summed E-state index contributed by atoms with van der Waals surface area (Å²) in [6.07, 6.45) is 0.739. The summed E-state index contributed by atoms with van der Waals surface area (Å²) in [5, 5.41) is 11.1. The summed E-state index contributed by atoms with van der Waals surface area (Å²) >= 11 is 0. The molecule has 4 heteroatoms. The average molecular weight is 387 g/mol. The molecule has 1 heterocycles. The van der Waals surface area contributed by atoms with Gasteiger partial charge in [-0.25, -0.2) is 0 Å². The number of aliphatic hydroxyl groups excluding tert-OH is 1. The Morgan fingerprint density at radius 2 is 1.55 bits per heavy atom. The minimum Gasteiger partial charge on any atom is -0.497 e. The van der Waals surface area contributed by atoms with Crippen LogP contribution in [0, 0.1) is 0 Å². The van der Waals surface area contributed by atoms with Crippen molar-refractivity contribution >= 4 is 11.6 Å². The van der Waals surface area contributed by atoms with Crippen molar-refractivity contribution < 1.29 is 14.6 Å². The Kier molecular flexibility index (Phi) is 5.63. The summed E-state index contributed by atoms with van der Waals surface area (Å²) in [4.78, 5) is 14.8. The number of nitrogens with zero attached hydrogens (tertiary/aromatic N) is 1. The van der Waals surface area contributed by atoms with Gasteiger partial charge in [-0.1, -0.05) is 60.7 Å². The van der Waals surface area contributed by atoms with Crippen LogP contribution in [0.1, 0.15) is 23.5 Å². The number of carbonyl (C=O) groups excluding carboxylic acids is 1. The van der Waals surface area contributed by atoms with E-state index in [0.717, 1.165) is 23.4 Å². The fraction of sp³-hybridized carbons (Fsp3) is 0.240. The van der Waals surface area contributed by atoms with Crippen molar-refractivity contribution in [1.82, 2.24) is 0 Å². The normalized spacial score (nSPS) is 19.5. The zero-order valence-corrected chi connectivity index (χ0v) is 16.4. The first kappa shape index (κ1) is 19.2. The molecule has 1 N–H and O–H groups in total. The van der Waals surface area contributed by atoms with Gasteiger partial charge in [-0.15, -0.1) is 0 Å². The number of hydrogen-bond donors (Lipinski definition) is 1. The number of amides is 1. The van der Waals surface area contributed by atoms with Gasteiger partial charge < -0.3 is 14.7 Å². The smallest absolute Gasteiger partial charge is 0.237 e. The Balaban J connectivity index is 1.58. The lowest BCUT2D eigenvalue weighted by Crippen LogP contribution is -2.64. The van der Waals surface area contributed by atoms with Gasteiger partial charge in [0.05, 0.1) is 25.2 Å². The van der Waals surface area contributed by atoms with Crippen LogP contribution in [0.3, 0.4) is 0 Å². The molecule has 1 aliphatic rings. The largest absolute Gasteiger partial charge is 0.497 e. The quantitative estimate of drug-likeness (QED) is 0.619. The molecule has 1 saturated heterocycles. The molecule has 4 nitrogen and oxygen atoms in total. The van der Waals surface area contributed by atoms with Crippen molar-refractivity contribution in [3.63, 3.8) is 0 Å². The first-order valence-electron chi connectivity index (χ1n) is 9.93. The number of para-hydroxylation sites is 1. The molecule has 3 atom stereocenters. The Morgan fingerprint density at radius 3 is 2.17 bits per heavy atom. The summed E-state index contributed by atoms with van der Waals surface area (Å²) in [5.41, 5.74) is 2.92. The van der Waals surface area contributed by atoms with Crippen LogP contribution in [-0.4, -0.2) is 30.3 Å². The Labute approximate surface area is 171 Å². The second-order valence-corrected chi connectivity index (χ2v) is 7.38. The summed E-state index contributed by atoms with van der Waals surface area (Å²) in [5.74, 6) is 0.415. The summed E-state index contributed by atoms with van der Waals surface area (Å²) in [7, 11) is 1.62. The molecule has 0 aromatic heterocycles. The summed E-state index contributed by atoms with van der Waals surface area (Å²) < 4.78 is 5.23. The molecule has 0 radical (unpaired) electrons. The Bertz CT molecular complexity index is 941. The number of carbonyl (C=O) groups is 1. The molecule has 0 saturated carbocycles. The first-order valence-corrected chi connectivity index (χ1v) is 9.93. The fourth-order valence-corrected chi connectivity index (χ4v) is 4.07. The van der Waals surface area contributed by atoms with Crippen LogP contribution in [0.4, 0.5) is 5.69 Å². The first-order chi connectivity index (χ1) is 14.2. The monoisotopic (exact) mass is 387 g/mol. The van der Waals surface area contributed by atoms with Gasteiger partial charge >= 0.3 is 0 Å². The van der Waals surface area contributed by atoms with E-state index in [0.29, 0.717) is 6.42 Å². The predicted molar refractivity (Wildman–Crippen MR) is 114 cm³/mol. The van der Waals surface area contributed by atoms with Crippen LogP contribution in [0.15, 0.2) is 84.9 Å². The lowest BCUT2D eigenvalue weighted by Gasteiger charge is -2.49. The molecule has 0 spiro atoms. The third-order valence-electron chi connectivity index (χ3n) is 5.62. The number of rotatable bonds is 7. The molecule has 3 aromatic carbocycles. The molecule has 4 rings (SSSR count). The van der Waals surface area contributed by atoms with E-state index < -0.39 is 6.10 Å². The maximum Gasteiger partial charge on any atom is 0.237 e. The number of ether oxygens (including phenoxy) is 1. The van der Waals surface area contributed by atoms with Gasteiger partial charge in [-0.3, -0.25) is 4.79 Å². The highest BCUT2D eigenvalue weighted by Crippen LogP contribution is 2.42. The fourth-order valence-electron chi connectivity index (χ4n) is 4.07. The van der Waals surface area contributed by atoms with E-state index in [-0.39, 0.29) is 17.9 Å². The van der Waals surface area contributed by atoms with Crippen molar-refractivity contribution in [2.24, 2.45) is 0 Å². The lowest BCUT2D eigenvalue weighted by molar-refractivity contribution is -0.129. The third-order valence-corrected chi connectivity index (χ3v) is 5.62. The molecule has 148 valence electrons. The van der Waals surface area contributed by atoms with Crippen molar-refractivity contribution in [1.29, 1.82) is 0 Å². The minimum absolute atomic E-state index is 0.0186. The number of hydrogen-bond acceptors (Lipinski definition) is 3. The van der Waals surface area contributed by atoms with E-state index in [4.69, 9.17) is 4.74 Å². The van der Waals surface area contributed by atoms with Crippen LogP contribution >= 0.6 is 0 Å². The van der Waals surface area contributed by atoms with E-state index in [1.807, 2.05) is 72.8 Å². The highest BCUT2D eigenvalue weighted by atomic mass is 16.5. The van der Waals surface area contributed by atoms with Gasteiger partial charge in [0.15, 0.2) is 0 Å². The number of aryl methyl sites for hydroxylation is 1. The van der Waals surface area contributed by atoms with Crippen molar-refractivity contribution in [2.45, 2.75) is 30.9 Å². The lowest BCUT2D eigenvalue weighted by atomic mass is 9.77. The predicted octanol–water partition coefficient (Wildman–Crippen LogP) is 4.19. The van der Waals surface area contributed by atoms with Gasteiger partial charge in [-0.05, 0) is 48.2 Å². The molecule has 0 aliphatic carbocycles. The second kappa shape index (κ2) is 8.50. The third kappa shape index (κ3) is 3.89. The average Bonchev–Trinajstić information content (AvgIpc) is 2.77. The number of benzene rings is 3. The molecule has 0 bridgehead atoms. The highest BCUT2D eigenvalue weighted by Gasteiger charge is 2.51. The van der Waals surface area contributed by atoms with Gasteiger partial charge in [-0.2, -0.15) is 0 Å². The highest BCUT2D eigenvalue weighted by molar-refractivity contribution is 6.06. The topological polar surface area (TPSA) is 49.8 Å². The van der Waals surface area contributed by atoms with E-state index in [1.54, 1.807) is 12.0 Å². The van der Waals surface area contributed by atoms with Gasteiger partial charge in [0.2, 0.25) is 5.91 Å². The zero-order valence-electron chi connectivity index (χ0n) is 16.4. The number of methoxy groups -OCH3 is 1. The summed E-state index contributed by atoms with van der Waals surface area (Å²) in [6, 6.07) is 27.0. The standard InChI is InChI=1S/C25H25NO3/c1-29-21-15-13-19(14-16-21)23-24(22(27)17-12-18-8-4-2-5-9-18)26(25(23)28)20-10-6-3-7-11-20/h2-11,13-16,22-24,27H,12,17H2,1H3/t22-,23+,24-/m1/s1. The molecule has 29 heavy (non-hydrogen) atoms. The van der Waals surface area contributed by atoms with Crippen LogP contribution in [0.2, 0.25) is 0 Å². The Hall–Kier alpha value is -3.11. The molecule has 1 fully saturated rings. The number of anilines is 1. The molecule has 3 aromatic rings. The zero-order chi connectivity index (χ0) is 20.2. The van der Waals surface area contributed by atoms with Crippen molar-refractivity contribution in [3.8, 4) is 5.75 Å². The second-order valence-electron chi connectivity index (χ2n) is 7.38. The molecular weight excluding hydrogens is 362 g/mol. The maximum absolute atomic E-state index is 13.1. The van der Waals surface area contributed by atoms with E-state index in [2.05, 4.69) is 12.1 Å². The van der Waals surface area contributed by atoms with Crippen molar-refractivity contribution in [3.05, 3.63) is 96.1 Å². The van der Waals surface area contributed by atoms with Gasteiger partial charge in [0.25, 0.3) is 0 Å². The molecule has 0 unspecified atom stereocenters. The van der Waals surface area contributed by atoms with Gasteiger partial charge in [0.1, 0.15) is 5.75 Å². The van der Waals surface area contributed by atoms with Crippen LogP contribution < -0.4 is 9.64 Å². The number of aliphatic hydroxyl groups is 1. The van der Waals surface area contributed by atoms with E-state index >= 15 is 0 Å². The number of β-lactam (4-membered cyclic amide) rings is 1. The molecule has 1 amide bonds. The Morgan fingerprint density at radius 1 is 0.931 bits per heavy atom. The SMILES string of the molecule is COc1ccc([C@@H]2C(=O)N(c3ccccc3)[C@@H]2[C@H](O)CCc2ccccc2)cc1. The maximum atomic E-state index is 13.1. The van der Waals surface area contributed by atoms with Crippen LogP contribution in [-0.2, 0) is 11.2 Å². The van der Waals surface area contributed by atoms with E-state index in [1.165, 1.54) is 5.56 Å². The molecule has 1 aliphatic heterocycles. The van der Waals surface area contributed by atoms with Crippen LogP contribution in [0.5, 0.6) is 5.75 Å². The van der Waals surface area contributed by atoms with E-state index in [9.17, 15) is 9.90 Å². The summed E-state index contributed by atoms with van der Waals surface area (Å²) in [6.45, 7) is 0. The van der Waals surface area contributed by atoms with Crippen LogP contribution in [0.25, 0.3) is 0 Å². The van der Waals surface area contributed by atoms with Crippen molar-refractivity contribution in [2.75, 3.05) is 12.0 Å². The minimum atomic E-state index is -0.625. The van der Waals surface area contributed by atoms with Gasteiger partial charge in [0, 0.05) is 5.69 Å². The molecular formula is C25H25NO3.